The van der Waals surface area contributed by atoms with Gasteiger partial charge >= 0.3 is 0 Å². The molecule has 0 amide bonds. The predicted molar refractivity (Wildman–Crippen MR) is 101 cm³/mol. The second-order valence-electron chi connectivity index (χ2n) is 8.97. The van der Waals surface area contributed by atoms with Crippen molar-refractivity contribution in [2.24, 2.45) is 17.8 Å². The normalized spacial score (nSPS) is 46.2. The van der Waals surface area contributed by atoms with Crippen LogP contribution in [-0.4, -0.2) is 55.6 Å². The summed E-state index contributed by atoms with van der Waals surface area (Å²) in [7, 11) is 0. The van der Waals surface area contributed by atoms with Gasteiger partial charge in [0.1, 0.15) is 11.4 Å². The first-order valence-electron chi connectivity index (χ1n) is 10.8. The Labute approximate surface area is 157 Å². The second kappa shape index (κ2) is 6.96. The summed E-state index contributed by atoms with van der Waals surface area (Å²) in [6.45, 7) is 6.95. The zero-order valence-corrected chi connectivity index (χ0v) is 16.1. The Balaban J connectivity index is 1.42. The summed E-state index contributed by atoms with van der Waals surface area (Å²) < 4.78 is 18.3. The molecule has 0 aromatic heterocycles. The largest absolute Gasteiger partial charge is 0.495 e. The highest BCUT2D eigenvalue weighted by atomic mass is 16.6. The molecule has 3 aliphatic heterocycles. The van der Waals surface area contributed by atoms with Gasteiger partial charge in [-0.15, -0.1) is 0 Å². The van der Waals surface area contributed by atoms with Crippen molar-refractivity contribution in [2.75, 3.05) is 32.9 Å². The average Bonchev–Trinajstić information content (AvgIpc) is 3.23. The van der Waals surface area contributed by atoms with Gasteiger partial charge in [0.15, 0.2) is 0 Å². The Morgan fingerprint density at radius 2 is 1.88 bits per heavy atom. The summed E-state index contributed by atoms with van der Waals surface area (Å²) >= 11 is 0. The molecule has 6 unspecified atom stereocenters. The highest BCUT2D eigenvalue weighted by molar-refractivity contribution is 5.25. The lowest BCUT2D eigenvalue weighted by Crippen LogP contribution is -2.58. The van der Waals surface area contributed by atoms with Gasteiger partial charge in [-0.1, -0.05) is 18.9 Å². The Kier molecular flexibility index (Phi) is 4.62. The zero-order chi connectivity index (χ0) is 17.6. The molecule has 3 heterocycles. The van der Waals surface area contributed by atoms with Crippen LogP contribution in [-0.2, 0) is 14.2 Å². The SMILES string of the molecule is CC1(C2=CCCO2)C=CC2C(CC(N3CCOCC3)C3CCCCC23)O1. The Morgan fingerprint density at radius 3 is 2.65 bits per heavy atom. The van der Waals surface area contributed by atoms with Crippen LogP contribution in [0.15, 0.2) is 24.0 Å². The van der Waals surface area contributed by atoms with Gasteiger partial charge < -0.3 is 14.2 Å². The molecule has 0 N–H and O–H groups in total. The van der Waals surface area contributed by atoms with Crippen LogP contribution in [0.25, 0.3) is 0 Å². The number of hydrogen-bond donors (Lipinski definition) is 0. The summed E-state index contributed by atoms with van der Waals surface area (Å²) in [5.41, 5.74) is -0.366. The van der Waals surface area contributed by atoms with Crippen LogP contribution in [0, 0.1) is 17.8 Å². The van der Waals surface area contributed by atoms with Crippen molar-refractivity contribution in [1.29, 1.82) is 0 Å². The molecule has 6 atom stereocenters. The Hall–Kier alpha value is -0.840. The van der Waals surface area contributed by atoms with Crippen LogP contribution in [0.4, 0.5) is 0 Å². The van der Waals surface area contributed by atoms with Gasteiger partial charge in [-0.25, -0.2) is 0 Å². The van der Waals surface area contributed by atoms with Gasteiger partial charge in [-0.05, 0) is 50.2 Å². The van der Waals surface area contributed by atoms with Crippen molar-refractivity contribution >= 4 is 0 Å². The third-order valence-electron chi connectivity index (χ3n) is 7.51. The topological polar surface area (TPSA) is 30.9 Å². The van der Waals surface area contributed by atoms with Crippen molar-refractivity contribution < 1.29 is 14.2 Å². The van der Waals surface area contributed by atoms with Gasteiger partial charge in [-0.2, -0.15) is 0 Å². The van der Waals surface area contributed by atoms with Crippen molar-refractivity contribution in [3.63, 3.8) is 0 Å². The molecule has 1 saturated heterocycles. The molecule has 5 rings (SSSR count). The minimum atomic E-state index is -0.366. The van der Waals surface area contributed by atoms with E-state index < -0.39 is 0 Å². The molecule has 26 heavy (non-hydrogen) atoms. The van der Waals surface area contributed by atoms with Crippen LogP contribution in [0.2, 0.25) is 0 Å². The van der Waals surface area contributed by atoms with Crippen LogP contribution >= 0.6 is 0 Å². The molecule has 4 heteroatoms. The number of nitrogens with zero attached hydrogens (tertiary/aromatic N) is 1. The fourth-order valence-electron chi connectivity index (χ4n) is 6.26. The predicted octanol–water partition coefficient (Wildman–Crippen LogP) is 3.53. The highest BCUT2D eigenvalue weighted by Gasteiger charge is 2.50. The van der Waals surface area contributed by atoms with Crippen molar-refractivity contribution in [3.8, 4) is 0 Å². The Morgan fingerprint density at radius 1 is 1.08 bits per heavy atom. The molecule has 2 aliphatic carbocycles. The van der Waals surface area contributed by atoms with E-state index in [9.17, 15) is 0 Å². The van der Waals surface area contributed by atoms with E-state index in [2.05, 4.69) is 30.1 Å². The van der Waals surface area contributed by atoms with E-state index in [1.54, 1.807) is 0 Å². The minimum Gasteiger partial charge on any atom is -0.495 e. The van der Waals surface area contributed by atoms with Crippen molar-refractivity contribution in [1.82, 2.24) is 4.90 Å². The summed E-state index contributed by atoms with van der Waals surface area (Å²) in [5, 5.41) is 0. The monoisotopic (exact) mass is 359 g/mol. The third kappa shape index (κ3) is 2.94. The van der Waals surface area contributed by atoms with Crippen LogP contribution in [0.5, 0.6) is 0 Å². The number of hydrogen-bond acceptors (Lipinski definition) is 4. The van der Waals surface area contributed by atoms with Crippen LogP contribution in [0.3, 0.4) is 0 Å². The highest BCUT2D eigenvalue weighted by Crippen LogP contribution is 2.50. The molecule has 0 spiro atoms. The molecule has 0 bridgehead atoms. The summed E-state index contributed by atoms with van der Waals surface area (Å²) in [6.07, 6.45) is 15.1. The molecule has 4 nitrogen and oxygen atoms in total. The van der Waals surface area contributed by atoms with E-state index in [0.717, 1.165) is 56.9 Å². The summed E-state index contributed by atoms with van der Waals surface area (Å²) in [5.74, 6) is 3.24. The van der Waals surface area contributed by atoms with E-state index in [0.29, 0.717) is 18.1 Å². The molecule has 0 radical (unpaired) electrons. The van der Waals surface area contributed by atoms with Crippen LogP contribution in [0.1, 0.15) is 45.4 Å². The third-order valence-corrected chi connectivity index (χ3v) is 7.51. The number of fused-ring (bicyclic) bond motifs is 3. The van der Waals surface area contributed by atoms with Gasteiger partial charge in [-0.3, -0.25) is 4.90 Å². The van der Waals surface area contributed by atoms with E-state index >= 15 is 0 Å². The van der Waals surface area contributed by atoms with Crippen molar-refractivity contribution in [3.05, 3.63) is 24.0 Å². The van der Waals surface area contributed by atoms with E-state index in [1.807, 2.05) is 0 Å². The molecular formula is C22H33NO3. The average molecular weight is 360 g/mol. The standard InChI is InChI=1S/C22H33NO3/c1-22(21-7-4-12-25-21)9-8-18-16-5-2-3-6-17(16)19(15-20(18)26-22)23-10-13-24-14-11-23/h7-9,16-20H,2-6,10-15H2,1H3. The molecule has 3 fully saturated rings. The van der Waals surface area contributed by atoms with E-state index in [4.69, 9.17) is 14.2 Å². The molecule has 5 aliphatic rings. The first-order chi connectivity index (χ1) is 12.7. The lowest BCUT2D eigenvalue weighted by Gasteiger charge is -2.55. The zero-order valence-electron chi connectivity index (χ0n) is 16.1. The van der Waals surface area contributed by atoms with Gasteiger partial charge in [0.2, 0.25) is 0 Å². The fourth-order valence-corrected chi connectivity index (χ4v) is 6.26. The summed E-state index contributed by atoms with van der Waals surface area (Å²) in [6, 6.07) is 0.666. The fraction of sp³-hybridized carbons (Fsp3) is 0.818. The maximum absolute atomic E-state index is 6.79. The molecular weight excluding hydrogens is 326 g/mol. The summed E-state index contributed by atoms with van der Waals surface area (Å²) in [4.78, 5) is 2.72. The minimum absolute atomic E-state index is 0.322. The van der Waals surface area contributed by atoms with Gasteiger partial charge in [0.25, 0.3) is 0 Å². The number of ether oxygens (including phenoxy) is 3. The number of morpholine rings is 1. The Bertz CT molecular complexity index is 582. The maximum atomic E-state index is 6.79. The molecule has 0 aromatic carbocycles. The van der Waals surface area contributed by atoms with E-state index in [1.165, 1.54) is 32.1 Å². The lowest BCUT2D eigenvalue weighted by molar-refractivity contribution is -0.145. The van der Waals surface area contributed by atoms with Crippen LogP contribution < -0.4 is 0 Å². The molecule has 144 valence electrons. The molecule has 2 saturated carbocycles. The van der Waals surface area contributed by atoms with Gasteiger partial charge in [0, 0.05) is 31.5 Å². The maximum Gasteiger partial charge on any atom is 0.140 e. The van der Waals surface area contributed by atoms with Crippen molar-refractivity contribution in [2.45, 2.75) is 63.2 Å². The first-order valence-corrected chi connectivity index (χ1v) is 10.8. The number of rotatable bonds is 2. The first kappa shape index (κ1) is 17.3. The second-order valence-corrected chi connectivity index (χ2v) is 8.97. The lowest BCUT2D eigenvalue weighted by atomic mass is 9.61. The molecule has 0 aromatic rings. The van der Waals surface area contributed by atoms with Gasteiger partial charge in [0.05, 0.1) is 25.9 Å². The smallest absolute Gasteiger partial charge is 0.140 e. The quantitative estimate of drug-likeness (QED) is 0.706. The van der Waals surface area contributed by atoms with E-state index in [-0.39, 0.29) is 5.60 Å².